The third kappa shape index (κ3) is 5.63. The number of anilines is 2. The highest BCUT2D eigenvalue weighted by Gasteiger charge is 2.32. The minimum atomic E-state index is -4.65. The molecule has 3 aromatic carbocycles. The maximum absolute atomic E-state index is 13.6. The van der Waals surface area contributed by atoms with Crippen LogP contribution in [0.4, 0.5) is 24.5 Å². The molecule has 1 amide bonds. The van der Waals surface area contributed by atoms with Gasteiger partial charge in [-0.25, -0.2) is 8.42 Å². The number of hydrogen-bond donors (Lipinski definition) is 1. The molecule has 0 saturated carbocycles. The van der Waals surface area contributed by atoms with Crippen LogP contribution < -0.4 is 14.4 Å². The first kappa shape index (κ1) is 25.4. The Labute approximate surface area is 200 Å². The fraction of sp³-hybridized carbons (Fsp3) is 0.174. The van der Waals surface area contributed by atoms with E-state index in [0.29, 0.717) is 11.6 Å². The number of amides is 1. The predicted molar refractivity (Wildman–Crippen MR) is 124 cm³/mol. The summed E-state index contributed by atoms with van der Waals surface area (Å²) in [7, 11) is -3.00. The molecule has 0 unspecified atom stereocenters. The molecule has 0 fully saturated rings. The standard InChI is InChI=1S/C23H20ClF3N2O4S/c1-15-8-11-20(33-2)21(12-15)34(31,32)29(17-6-4-3-5-7-17)14-22(30)28-19-13-16(23(25,26)27)9-10-18(19)24/h3-13H,14H2,1-2H3,(H,28,30). The lowest BCUT2D eigenvalue weighted by atomic mass is 10.2. The van der Waals surface area contributed by atoms with E-state index in [0.717, 1.165) is 16.4 Å². The van der Waals surface area contributed by atoms with E-state index in [-0.39, 0.29) is 27.0 Å². The van der Waals surface area contributed by atoms with Crippen molar-refractivity contribution in [2.24, 2.45) is 0 Å². The number of aryl methyl sites for hydroxylation is 1. The highest BCUT2D eigenvalue weighted by atomic mass is 35.5. The smallest absolute Gasteiger partial charge is 0.416 e. The number of nitrogens with zero attached hydrogens (tertiary/aromatic N) is 1. The van der Waals surface area contributed by atoms with Crippen molar-refractivity contribution in [3.05, 3.63) is 82.9 Å². The third-order valence-electron chi connectivity index (χ3n) is 4.79. The highest BCUT2D eigenvalue weighted by Crippen LogP contribution is 2.34. The Kier molecular flexibility index (Phi) is 7.42. The number of sulfonamides is 1. The molecule has 180 valence electrons. The molecule has 0 heterocycles. The Morgan fingerprint density at radius 2 is 1.74 bits per heavy atom. The van der Waals surface area contributed by atoms with Crippen molar-refractivity contribution < 1.29 is 31.1 Å². The molecule has 0 spiro atoms. The van der Waals surface area contributed by atoms with E-state index >= 15 is 0 Å². The van der Waals surface area contributed by atoms with Gasteiger partial charge in [0.05, 0.1) is 29.1 Å². The maximum Gasteiger partial charge on any atom is 0.416 e. The first-order valence-corrected chi connectivity index (χ1v) is 11.6. The Balaban J connectivity index is 2.00. The van der Waals surface area contributed by atoms with Crippen molar-refractivity contribution in [2.75, 3.05) is 23.3 Å². The molecule has 6 nitrogen and oxygen atoms in total. The van der Waals surface area contributed by atoms with Gasteiger partial charge in [0.2, 0.25) is 5.91 Å². The molecule has 0 aromatic heterocycles. The largest absolute Gasteiger partial charge is 0.495 e. The van der Waals surface area contributed by atoms with Crippen LogP contribution in [0, 0.1) is 6.92 Å². The molecule has 11 heteroatoms. The van der Waals surface area contributed by atoms with Crippen LogP contribution in [0.2, 0.25) is 5.02 Å². The summed E-state index contributed by atoms with van der Waals surface area (Å²) in [5, 5.41) is 2.15. The van der Waals surface area contributed by atoms with Gasteiger partial charge >= 0.3 is 6.18 Å². The number of hydrogen-bond acceptors (Lipinski definition) is 4. The number of rotatable bonds is 7. The monoisotopic (exact) mass is 512 g/mol. The van der Waals surface area contributed by atoms with Gasteiger partial charge in [-0.2, -0.15) is 13.2 Å². The first-order chi connectivity index (χ1) is 15.9. The average Bonchev–Trinajstić information content (AvgIpc) is 2.78. The van der Waals surface area contributed by atoms with Gasteiger partial charge in [0.15, 0.2) is 0 Å². The highest BCUT2D eigenvalue weighted by molar-refractivity contribution is 7.93. The normalized spacial score (nSPS) is 11.7. The van der Waals surface area contributed by atoms with Gasteiger partial charge in [-0.3, -0.25) is 9.10 Å². The number of nitrogens with one attached hydrogen (secondary N) is 1. The second kappa shape index (κ2) is 9.94. The lowest BCUT2D eigenvalue weighted by molar-refractivity contribution is -0.137. The second-order valence-electron chi connectivity index (χ2n) is 7.24. The van der Waals surface area contributed by atoms with E-state index in [9.17, 15) is 26.4 Å². The van der Waals surface area contributed by atoms with Crippen LogP contribution in [-0.2, 0) is 21.0 Å². The van der Waals surface area contributed by atoms with E-state index in [1.54, 1.807) is 31.2 Å². The summed E-state index contributed by atoms with van der Waals surface area (Å²) >= 11 is 5.96. The summed E-state index contributed by atoms with van der Waals surface area (Å²) in [5.41, 5.74) is -0.479. The summed E-state index contributed by atoms with van der Waals surface area (Å²) in [4.78, 5) is 12.7. The Morgan fingerprint density at radius 1 is 1.06 bits per heavy atom. The number of ether oxygens (including phenoxy) is 1. The zero-order valence-electron chi connectivity index (χ0n) is 18.1. The van der Waals surface area contributed by atoms with Crippen LogP contribution in [0.25, 0.3) is 0 Å². The number of carbonyl (C=O) groups excluding carboxylic acids is 1. The third-order valence-corrected chi connectivity index (χ3v) is 6.91. The molecule has 0 aliphatic carbocycles. The molecular weight excluding hydrogens is 493 g/mol. The van der Waals surface area contributed by atoms with Crippen LogP contribution in [0.15, 0.2) is 71.6 Å². The van der Waals surface area contributed by atoms with Crippen molar-refractivity contribution in [1.82, 2.24) is 0 Å². The summed E-state index contributed by atoms with van der Waals surface area (Å²) in [6, 6.07) is 14.9. The second-order valence-corrected chi connectivity index (χ2v) is 9.48. The molecule has 0 bridgehead atoms. The molecule has 3 aromatic rings. The van der Waals surface area contributed by atoms with Gasteiger partial charge in [0.25, 0.3) is 10.0 Å². The Morgan fingerprint density at radius 3 is 2.35 bits per heavy atom. The number of alkyl halides is 3. The number of carbonyl (C=O) groups is 1. The van der Waals surface area contributed by atoms with E-state index < -0.39 is 34.2 Å². The van der Waals surface area contributed by atoms with Crippen LogP contribution in [-0.4, -0.2) is 28.0 Å². The van der Waals surface area contributed by atoms with Crippen LogP contribution in [0.1, 0.15) is 11.1 Å². The van der Waals surface area contributed by atoms with Crippen LogP contribution >= 0.6 is 11.6 Å². The van der Waals surface area contributed by atoms with E-state index in [1.165, 1.54) is 31.4 Å². The van der Waals surface area contributed by atoms with Crippen molar-refractivity contribution >= 4 is 38.9 Å². The number of methoxy groups -OCH3 is 1. The van der Waals surface area contributed by atoms with Gasteiger partial charge in [-0.15, -0.1) is 0 Å². The maximum atomic E-state index is 13.6. The minimum absolute atomic E-state index is 0.0767. The fourth-order valence-electron chi connectivity index (χ4n) is 3.13. The molecular formula is C23H20ClF3N2O4S. The summed E-state index contributed by atoms with van der Waals surface area (Å²) in [6.07, 6.45) is -4.65. The predicted octanol–water partition coefficient (Wildman–Crippen LogP) is 5.51. The van der Waals surface area contributed by atoms with E-state index in [2.05, 4.69) is 5.32 Å². The fourth-order valence-corrected chi connectivity index (χ4v) is 4.96. The lowest BCUT2D eigenvalue weighted by Gasteiger charge is -2.25. The van der Waals surface area contributed by atoms with E-state index in [4.69, 9.17) is 16.3 Å². The van der Waals surface area contributed by atoms with Gasteiger partial charge in [-0.1, -0.05) is 35.9 Å². The number of benzene rings is 3. The molecule has 0 radical (unpaired) electrons. The lowest BCUT2D eigenvalue weighted by Crippen LogP contribution is -2.38. The zero-order valence-corrected chi connectivity index (χ0v) is 19.6. The Bertz CT molecular complexity index is 1300. The molecule has 0 atom stereocenters. The van der Waals surface area contributed by atoms with Crippen molar-refractivity contribution in [3.63, 3.8) is 0 Å². The SMILES string of the molecule is COc1ccc(C)cc1S(=O)(=O)N(CC(=O)Nc1cc(C(F)(F)F)ccc1Cl)c1ccccc1. The quantitative estimate of drug-likeness (QED) is 0.453. The Hall–Kier alpha value is -3.24. The molecule has 0 aliphatic rings. The van der Waals surface area contributed by atoms with Gasteiger partial charge in [0.1, 0.15) is 17.2 Å². The van der Waals surface area contributed by atoms with Crippen molar-refractivity contribution in [2.45, 2.75) is 18.0 Å². The minimum Gasteiger partial charge on any atom is -0.495 e. The molecule has 1 N–H and O–H groups in total. The van der Waals surface area contributed by atoms with Crippen molar-refractivity contribution in [3.8, 4) is 5.75 Å². The van der Waals surface area contributed by atoms with Gasteiger partial charge < -0.3 is 10.1 Å². The topological polar surface area (TPSA) is 75.7 Å². The van der Waals surface area contributed by atoms with Crippen LogP contribution in [0.5, 0.6) is 5.75 Å². The van der Waals surface area contributed by atoms with Crippen molar-refractivity contribution in [1.29, 1.82) is 0 Å². The molecule has 34 heavy (non-hydrogen) atoms. The number of halogens is 4. The number of para-hydroxylation sites is 1. The summed E-state index contributed by atoms with van der Waals surface area (Å²) < 4.78 is 72.4. The summed E-state index contributed by atoms with van der Waals surface area (Å²) in [5.74, 6) is -0.812. The van der Waals surface area contributed by atoms with Crippen LogP contribution in [0.3, 0.4) is 0 Å². The first-order valence-electron chi connectivity index (χ1n) is 9.82. The summed E-state index contributed by atoms with van der Waals surface area (Å²) in [6.45, 7) is 0.976. The van der Waals surface area contributed by atoms with E-state index in [1.807, 2.05) is 0 Å². The van der Waals surface area contributed by atoms with Gasteiger partial charge in [-0.05, 0) is 55.0 Å². The molecule has 0 saturated heterocycles. The molecule has 0 aliphatic heterocycles. The van der Waals surface area contributed by atoms with Gasteiger partial charge in [0, 0.05) is 0 Å². The average molecular weight is 513 g/mol. The zero-order chi connectivity index (χ0) is 25.1. The molecule has 3 rings (SSSR count).